The third-order valence-corrected chi connectivity index (χ3v) is 4.21. The number of carbonyl (C=O) groups excluding carboxylic acids is 1. The number of likely N-dealkylation sites (tertiary alicyclic amines) is 1. The van der Waals surface area contributed by atoms with Crippen molar-refractivity contribution < 1.29 is 4.79 Å². The molecule has 1 N–H and O–H groups in total. The van der Waals surface area contributed by atoms with Crippen LogP contribution in [0.4, 0.5) is 0 Å². The Kier molecular flexibility index (Phi) is 4.46. The van der Waals surface area contributed by atoms with E-state index in [1.165, 1.54) is 5.56 Å². The number of aryl methyl sites for hydroxylation is 1. The smallest absolute Gasteiger partial charge is 0.226 e. The van der Waals surface area contributed by atoms with Crippen molar-refractivity contribution >= 4 is 5.91 Å². The van der Waals surface area contributed by atoms with Gasteiger partial charge < -0.3 is 4.90 Å². The van der Waals surface area contributed by atoms with E-state index >= 15 is 0 Å². The van der Waals surface area contributed by atoms with Crippen molar-refractivity contribution in [3.63, 3.8) is 0 Å². The van der Waals surface area contributed by atoms with Gasteiger partial charge in [-0.3, -0.25) is 4.79 Å². The Morgan fingerprint density at radius 1 is 1.36 bits per heavy atom. The first-order valence-corrected chi connectivity index (χ1v) is 7.76. The molecule has 1 amide bonds. The van der Waals surface area contributed by atoms with Gasteiger partial charge >= 0.3 is 0 Å². The number of carbonyl (C=O) groups is 1. The molecule has 0 bridgehead atoms. The molecule has 0 saturated carbocycles. The minimum absolute atomic E-state index is 0.210. The average Bonchev–Trinajstić information content (AvgIpc) is 3.03. The highest BCUT2D eigenvalue weighted by Gasteiger charge is 2.24. The lowest BCUT2D eigenvalue weighted by atomic mass is 9.94. The van der Waals surface area contributed by atoms with E-state index in [1.807, 2.05) is 17.0 Å². The number of H-pyrrole nitrogens is 1. The van der Waals surface area contributed by atoms with Crippen molar-refractivity contribution in [2.75, 3.05) is 13.1 Å². The zero-order valence-electron chi connectivity index (χ0n) is 12.8. The lowest BCUT2D eigenvalue weighted by molar-refractivity contribution is -0.132. The predicted molar refractivity (Wildman–Crippen MR) is 82.1 cm³/mol. The number of aromatic amines is 1. The maximum absolute atomic E-state index is 12.5. The zero-order valence-corrected chi connectivity index (χ0v) is 12.8. The number of nitrogens with zero attached hydrogens (tertiary/aromatic N) is 4. The summed E-state index contributed by atoms with van der Waals surface area (Å²) in [6.45, 7) is 3.70. The van der Waals surface area contributed by atoms with E-state index in [1.54, 1.807) is 0 Å². The Labute approximate surface area is 129 Å². The first-order chi connectivity index (χ1) is 10.7. The van der Waals surface area contributed by atoms with Gasteiger partial charge in [-0.2, -0.15) is 5.21 Å². The molecule has 1 atom stereocenters. The number of amides is 1. The molecular weight excluding hydrogens is 278 g/mol. The largest absolute Gasteiger partial charge is 0.342 e. The molecule has 1 unspecified atom stereocenters. The molecule has 1 saturated heterocycles. The van der Waals surface area contributed by atoms with Gasteiger partial charge in [0.05, 0.1) is 6.42 Å². The molecule has 6 nitrogen and oxygen atoms in total. The van der Waals surface area contributed by atoms with Crippen LogP contribution in [-0.4, -0.2) is 44.5 Å². The Hall–Kier alpha value is -2.24. The predicted octanol–water partition coefficient (Wildman–Crippen LogP) is 1.53. The Morgan fingerprint density at radius 3 is 2.91 bits per heavy atom. The average molecular weight is 299 g/mol. The lowest BCUT2D eigenvalue weighted by Gasteiger charge is -2.32. The molecule has 6 heteroatoms. The summed E-state index contributed by atoms with van der Waals surface area (Å²) in [4.78, 5) is 14.5. The topological polar surface area (TPSA) is 74.8 Å². The molecule has 0 spiro atoms. The van der Waals surface area contributed by atoms with E-state index in [2.05, 4.69) is 39.7 Å². The van der Waals surface area contributed by atoms with Crippen LogP contribution in [0, 0.1) is 12.8 Å². The molecule has 116 valence electrons. The fourth-order valence-corrected chi connectivity index (χ4v) is 2.98. The number of aromatic nitrogens is 4. The molecule has 1 aromatic carbocycles. The summed E-state index contributed by atoms with van der Waals surface area (Å²) in [7, 11) is 0. The number of benzene rings is 1. The summed E-state index contributed by atoms with van der Waals surface area (Å²) in [5.74, 6) is 1.37. The standard InChI is InChI=1S/C16H21N5O/c1-12-4-6-13(7-5-12)10-16(22)21-8-2-3-14(11-21)9-15-17-19-20-18-15/h4-7,14H,2-3,8-11H2,1H3,(H,17,18,19,20). The number of nitrogens with one attached hydrogen (secondary N) is 1. The minimum Gasteiger partial charge on any atom is -0.342 e. The third kappa shape index (κ3) is 3.69. The van der Waals surface area contributed by atoms with Crippen LogP contribution >= 0.6 is 0 Å². The van der Waals surface area contributed by atoms with Crippen LogP contribution in [0.3, 0.4) is 0 Å². The first-order valence-electron chi connectivity index (χ1n) is 7.76. The highest BCUT2D eigenvalue weighted by atomic mass is 16.2. The molecule has 0 radical (unpaired) electrons. The van der Waals surface area contributed by atoms with Crippen LogP contribution in [0.15, 0.2) is 24.3 Å². The van der Waals surface area contributed by atoms with Gasteiger partial charge in [0.1, 0.15) is 0 Å². The quantitative estimate of drug-likeness (QED) is 0.929. The highest BCUT2D eigenvalue weighted by Crippen LogP contribution is 2.20. The fraction of sp³-hybridized carbons (Fsp3) is 0.500. The molecule has 2 heterocycles. The van der Waals surface area contributed by atoms with Gasteiger partial charge in [-0.15, -0.1) is 10.2 Å². The normalized spacial score (nSPS) is 18.4. The number of piperidine rings is 1. The van der Waals surface area contributed by atoms with Gasteiger partial charge in [0, 0.05) is 19.5 Å². The Morgan fingerprint density at radius 2 is 2.18 bits per heavy atom. The van der Waals surface area contributed by atoms with Crippen molar-refractivity contribution in [1.29, 1.82) is 0 Å². The van der Waals surface area contributed by atoms with Crippen molar-refractivity contribution in [3.8, 4) is 0 Å². The van der Waals surface area contributed by atoms with Gasteiger partial charge in [-0.1, -0.05) is 35.0 Å². The summed E-state index contributed by atoms with van der Waals surface area (Å²) in [6, 6.07) is 8.18. The molecule has 3 rings (SSSR count). The molecule has 22 heavy (non-hydrogen) atoms. The summed E-state index contributed by atoms with van der Waals surface area (Å²) in [5, 5.41) is 14.1. The second-order valence-electron chi connectivity index (χ2n) is 6.04. The van der Waals surface area contributed by atoms with Gasteiger partial charge in [0.2, 0.25) is 5.91 Å². The van der Waals surface area contributed by atoms with Crippen molar-refractivity contribution in [2.45, 2.75) is 32.6 Å². The minimum atomic E-state index is 0.210. The van der Waals surface area contributed by atoms with Crippen LogP contribution in [-0.2, 0) is 17.6 Å². The summed E-state index contributed by atoms with van der Waals surface area (Å²) in [5.41, 5.74) is 2.30. The van der Waals surface area contributed by atoms with Crippen molar-refractivity contribution in [3.05, 3.63) is 41.2 Å². The first kappa shape index (κ1) is 14.7. The second kappa shape index (κ2) is 6.68. The third-order valence-electron chi connectivity index (χ3n) is 4.21. The molecule has 2 aromatic rings. The van der Waals surface area contributed by atoms with E-state index in [4.69, 9.17) is 0 Å². The fourth-order valence-electron chi connectivity index (χ4n) is 2.98. The summed E-state index contributed by atoms with van der Waals surface area (Å²) < 4.78 is 0. The summed E-state index contributed by atoms with van der Waals surface area (Å²) in [6.07, 6.45) is 3.42. The van der Waals surface area contributed by atoms with Crippen molar-refractivity contribution in [2.24, 2.45) is 5.92 Å². The van der Waals surface area contributed by atoms with Crippen LogP contribution < -0.4 is 0 Å². The van der Waals surface area contributed by atoms with Crippen molar-refractivity contribution in [1.82, 2.24) is 25.5 Å². The molecule has 1 aromatic heterocycles. The molecule has 1 fully saturated rings. The summed E-state index contributed by atoms with van der Waals surface area (Å²) >= 11 is 0. The van der Waals surface area contributed by atoms with E-state index in [9.17, 15) is 4.79 Å². The van der Waals surface area contributed by atoms with Crippen LogP contribution in [0.1, 0.15) is 29.8 Å². The SMILES string of the molecule is Cc1ccc(CC(=O)N2CCCC(Cc3nn[nH]n3)C2)cc1. The Balaban J connectivity index is 1.56. The van der Waals surface area contributed by atoms with Crippen LogP contribution in [0.2, 0.25) is 0 Å². The lowest BCUT2D eigenvalue weighted by Crippen LogP contribution is -2.41. The maximum atomic E-state index is 12.5. The number of hydrogen-bond acceptors (Lipinski definition) is 4. The number of tetrazole rings is 1. The van der Waals surface area contributed by atoms with Crippen LogP contribution in [0.25, 0.3) is 0 Å². The van der Waals surface area contributed by atoms with Gasteiger partial charge in [-0.05, 0) is 31.2 Å². The van der Waals surface area contributed by atoms with E-state index in [-0.39, 0.29) is 5.91 Å². The molecule has 1 aliphatic rings. The molecule has 0 aliphatic carbocycles. The van der Waals surface area contributed by atoms with Crippen LogP contribution in [0.5, 0.6) is 0 Å². The maximum Gasteiger partial charge on any atom is 0.226 e. The number of rotatable bonds is 4. The zero-order chi connectivity index (χ0) is 15.4. The van der Waals surface area contributed by atoms with E-state index in [0.717, 1.165) is 43.7 Å². The van der Waals surface area contributed by atoms with E-state index < -0.39 is 0 Å². The number of hydrogen-bond donors (Lipinski definition) is 1. The van der Waals surface area contributed by atoms with Gasteiger partial charge in [-0.25, -0.2) is 0 Å². The van der Waals surface area contributed by atoms with Gasteiger partial charge in [0.25, 0.3) is 0 Å². The monoisotopic (exact) mass is 299 g/mol. The highest BCUT2D eigenvalue weighted by molar-refractivity contribution is 5.78. The second-order valence-corrected chi connectivity index (χ2v) is 6.04. The van der Waals surface area contributed by atoms with E-state index in [0.29, 0.717) is 12.3 Å². The molecular formula is C16H21N5O. The molecule has 1 aliphatic heterocycles. The van der Waals surface area contributed by atoms with Gasteiger partial charge in [0.15, 0.2) is 5.82 Å². The Bertz CT molecular complexity index is 608.